The predicted octanol–water partition coefficient (Wildman–Crippen LogP) is 2.15. The minimum Gasteiger partial charge on any atom is -0.396 e. The third kappa shape index (κ3) is 2.86. The first-order valence-electron chi connectivity index (χ1n) is 7.29. The van der Waals surface area contributed by atoms with Gasteiger partial charge >= 0.3 is 0 Å². The number of hydrogen-bond acceptors (Lipinski definition) is 4. The topological polar surface area (TPSA) is 76.1 Å². The minimum atomic E-state index is 0.0294. The van der Waals surface area contributed by atoms with Crippen LogP contribution in [-0.2, 0) is 6.54 Å². The number of aryl methyl sites for hydroxylation is 2. The summed E-state index contributed by atoms with van der Waals surface area (Å²) in [4.78, 5) is 0. The average molecular weight is 266 g/mol. The number of nitrogens with zero attached hydrogens (tertiary/aromatic N) is 2. The summed E-state index contributed by atoms with van der Waals surface area (Å²) in [6, 6.07) is 0. The van der Waals surface area contributed by atoms with Crippen LogP contribution in [0.2, 0.25) is 0 Å². The van der Waals surface area contributed by atoms with Crippen molar-refractivity contribution in [1.29, 1.82) is 0 Å². The van der Waals surface area contributed by atoms with Crippen LogP contribution < -0.4 is 11.1 Å². The lowest BCUT2D eigenvalue weighted by Gasteiger charge is -2.27. The number of nitrogens with one attached hydrogen (secondary N) is 1. The smallest absolute Gasteiger partial charge is 0.148 e. The Kier molecular flexibility index (Phi) is 4.34. The molecule has 1 aliphatic carbocycles. The van der Waals surface area contributed by atoms with Gasteiger partial charge in [-0.1, -0.05) is 19.8 Å². The molecule has 0 radical (unpaired) electrons. The Morgan fingerprint density at radius 3 is 2.68 bits per heavy atom. The van der Waals surface area contributed by atoms with E-state index in [1.165, 1.54) is 12.8 Å². The average Bonchev–Trinajstić information content (AvgIpc) is 2.97. The molecular weight excluding hydrogens is 240 g/mol. The lowest BCUT2D eigenvalue weighted by molar-refractivity contribution is 0.142. The first kappa shape index (κ1) is 14.2. The molecule has 1 saturated carbocycles. The van der Waals surface area contributed by atoms with Crippen molar-refractivity contribution in [1.82, 2.24) is 9.78 Å². The number of nitrogens with two attached hydrogens (primary N) is 1. The molecule has 5 heteroatoms. The molecule has 0 bridgehead atoms. The van der Waals surface area contributed by atoms with Crippen LogP contribution in [0.1, 0.15) is 44.7 Å². The monoisotopic (exact) mass is 266 g/mol. The Balaban J connectivity index is 2.10. The number of nitrogen functional groups attached to an aromatic ring is 1. The Hall–Kier alpha value is -1.23. The zero-order valence-electron chi connectivity index (χ0n) is 12.1. The highest BCUT2D eigenvalue weighted by molar-refractivity contribution is 5.64. The third-order valence-corrected chi connectivity index (χ3v) is 4.24. The maximum absolute atomic E-state index is 9.65. The second-order valence-electron chi connectivity index (χ2n) is 5.79. The Bertz CT molecular complexity index is 421. The molecule has 1 aromatic heterocycles. The summed E-state index contributed by atoms with van der Waals surface area (Å²) in [5, 5.41) is 17.5. The second-order valence-corrected chi connectivity index (χ2v) is 5.79. The van der Waals surface area contributed by atoms with E-state index in [1.807, 2.05) is 11.6 Å². The van der Waals surface area contributed by atoms with Crippen LogP contribution in [0.3, 0.4) is 0 Å². The zero-order chi connectivity index (χ0) is 13.9. The summed E-state index contributed by atoms with van der Waals surface area (Å²) >= 11 is 0. The summed E-state index contributed by atoms with van der Waals surface area (Å²) in [5.74, 6) is 0.916. The van der Waals surface area contributed by atoms with E-state index >= 15 is 0 Å². The molecule has 1 aliphatic rings. The van der Waals surface area contributed by atoms with Crippen LogP contribution in [0.25, 0.3) is 0 Å². The van der Waals surface area contributed by atoms with Gasteiger partial charge in [-0.2, -0.15) is 5.10 Å². The molecule has 0 atom stereocenters. The fourth-order valence-electron chi connectivity index (χ4n) is 2.94. The fourth-order valence-corrected chi connectivity index (χ4v) is 2.94. The van der Waals surface area contributed by atoms with Gasteiger partial charge in [-0.05, 0) is 26.2 Å². The third-order valence-electron chi connectivity index (χ3n) is 4.24. The molecule has 4 N–H and O–H groups in total. The first-order chi connectivity index (χ1) is 9.12. The second kappa shape index (κ2) is 5.82. The van der Waals surface area contributed by atoms with Crippen molar-refractivity contribution >= 4 is 11.5 Å². The fraction of sp³-hybridized carbons (Fsp3) is 0.786. The molecule has 19 heavy (non-hydrogen) atoms. The SMILES string of the molecule is CCCn1nc(C)c(N)c1NCC1(CO)CCCC1. The Labute approximate surface area is 115 Å². The van der Waals surface area contributed by atoms with Crippen molar-refractivity contribution in [3.8, 4) is 0 Å². The maximum atomic E-state index is 9.65. The molecule has 0 amide bonds. The molecule has 2 rings (SSSR count). The molecule has 0 unspecified atom stereocenters. The molecule has 1 aromatic rings. The lowest BCUT2D eigenvalue weighted by atomic mass is 9.87. The van der Waals surface area contributed by atoms with E-state index in [9.17, 15) is 5.11 Å². The molecule has 0 aliphatic heterocycles. The summed E-state index contributed by atoms with van der Waals surface area (Å²) in [5.41, 5.74) is 7.74. The molecule has 0 spiro atoms. The number of aliphatic hydroxyl groups excluding tert-OH is 1. The van der Waals surface area contributed by atoms with E-state index in [2.05, 4.69) is 17.3 Å². The molecule has 5 nitrogen and oxygen atoms in total. The first-order valence-corrected chi connectivity index (χ1v) is 7.29. The van der Waals surface area contributed by atoms with Crippen LogP contribution in [0, 0.1) is 12.3 Å². The van der Waals surface area contributed by atoms with Crippen molar-refractivity contribution in [3.05, 3.63) is 5.69 Å². The van der Waals surface area contributed by atoms with E-state index < -0.39 is 0 Å². The van der Waals surface area contributed by atoms with Gasteiger partial charge in [0.2, 0.25) is 0 Å². The number of hydrogen-bond donors (Lipinski definition) is 3. The number of anilines is 2. The molecular formula is C14H26N4O. The summed E-state index contributed by atoms with van der Waals surface area (Å²) < 4.78 is 1.95. The normalized spacial score (nSPS) is 17.8. The highest BCUT2D eigenvalue weighted by Crippen LogP contribution is 2.38. The van der Waals surface area contributed by atoms with Crippen LogP contribution >= 0.6 is 0 Å². The van der Waals surface area contributed by atoms with Crippen molar-refractivity contribution in [2.75, 3.05) is 24.2 Å². The van der Waals surface area contributed by atoms with Crippen molar-refractivity contribution < 1.29 is 5.11 Å². The number of rotatable bonds is 6. The number of aromatic nitrogens is 2. The highest BCUT2D eigenvalue weighted by atomic mass is 16.3. The van der Waals surface area contributed by atoms with E-state index in [4.69, 9.17) is 5.73 Å². The van der Waals surface area contributed by atoms with Gasteiger partial charge in [0.05, 0.1) is 18.0 Å². The highest BCUT2D eigenvalue weighted by Gasteiger charge is 2.33. The van der Waals surface area contributed by atoms with Crippen molar-refractivity contribution in [2.45, 2.75) is 52.5 Å². The quantitative estimate of drug-likeness (QED) is 0.737. The van der Waals surface area contributed by atoms with E-state index in [0.29, 0.717) is 0 Å². The predicted molar refractivity (Wildman–Crippen MR) is 78.1 cm³/mol. The van der Waals surface area contributed by atoms with E-state index in [0.717, 1.165) is 49.6 Å². The summed E-state index contributed by atoms with van der Waals surface area (Å²) in [6.45, 7) is 5.96. The van der Waals surface area contributed by atoms with Crippen LogP contribution in [-0.4, -0.2) is 28.0 Å². The number of aliphatic hydroxyl groups is 1. The maximum Gasteiger partial charge on any atom is 0.148 e. The standard InChI is InChI=1S/C14H26N4O/c1-3-8-18-13(12(15)11(2)17-18)16-9-14(10-19)6-4-5-7-14/h16,19H,3-10,15H2,1-2H3. The van der Waals surface area contributed by atoms with Crippen molar-refractivity contribution in [2.24, 2.45) is 5.41 Å². The van der Waals surface area contributed by atoms with Crippen LogP contribution in [0.4, 0.5) is 11.5 Å². The van der Waals surface area contributed by atoms with E-state index in [-0.39, 0.29) is 12.0 Å². The summed E-state index contributed by atoms with van der Waals surface area (Å²) in [6.07, 6.45) is 5.64. The molecule has 1 heterocycles. The molecule has 0 saturated heterocycles. The van der Waals surface area contributed by atoms with Gasteiger partial charge in [0.1, 0.15) is 5.82 Å². The van der Waals surface area contributed by atoms with Gasteiger partial charge in [-0.15, -0.1) is 0 Å². The van der Waals surface area contributed by atoms with Gasteiger partial charge < -0.3 is 16.2 Å². The molecule has 1 fully saturated rings. The van der Waals surface area contributed by atoms with Gasteiger partial charge in [0.25, 0.3) is 0 Å². The van der Waals surface area contributed by atoms with E-state index in [1.54, 1.807) is 0 Å². The van der Waals surface area contributed by atoms with Crippen molar-refractivity contribution in [3.63, 3.8) is 0 Å². The minimum absolute atomic E-state index is 0.0294. The lowest BCUT2D eigenvalue weighted by Crippen LogP contribution is -2.31. The van der Waals surface area contributed by atoms with Crippen LogP contribution in [0.15, 0.2) is 0 Å². The van der Waals surface area contributed by atoms with Gasteiger partial charge in [0.15, 0.2) is 0 Å². The summed E-state index contributed by atoms with van der Waals surface area (Å²) in [7, 11) is 0. The van der Waals surface area contributed by atoms with Gasteiger partial charge in [-0.25, -0.2) is 4.68 Å². The molecule has 0 aromatic carbocycles. The largest absolute Gasteiger partial charge is 0.396 e. The van der Waals surface area contributed by atoms with Crippen LogP contribution in [0.5, 0.6) is 0 Å². The Morgan fingerprint density at radius 1 is 1.42 bits per heavy atom. The van der Waals surface area contributed by atoms with Gasteiger partial charge in [0, 0.05) is 18.5 Å². The molecule has 108 valence electrons. The Morgan fingerprint density at radius 2 is 2.11 bits per heavy atom. The zero-order valence-corrected chi connectivity index (χ0v) is 12.1. The van der Waals surface area contributed by atoms with Gasteiger partial charge in [-0.3, -0.25) is 0 Å².